The molecule has 2 aromatic carbocycles. The van der Waals surface area contributed by atoms with E-state index in [1.54, 1.807) is 10.9 Å². The summed E-state index contributed by atoms with van der Waals surface area (Å²) in [6.07, 6.45) is 1.65. The maximum absolute atomic E-state index is 13.4. The second-order valence-corrected chi connectivity index (χ2v) is 8.15. The third-order valence-corrected chi connectivity index (χ3v) is 5.41. The maximum Gasteiger partial charge on any atom is 0.293 e. The summed E-state index contributed by atoms with van der Waals surface area (Å²) in [4.78, 5) is 25.9. The molecule has 0 saturated heterocycles. The van der Waals surface area contributed by atoms with E-state index in [0.717, 1.165) is 21.5 Å². The van der Waals surface area contributed by atoms with E-state index in [1.807, 2.05) is 45.9 Å². The number of nitrogens with one attached hydrogen (secondary N) is 1. The molecule has 0 unspecified atom stereocenters. The number of benzene rings is 2. The number of rotatable bonds is 5. The second kappa shape index (κ2) is 8.37. The zero-order valence-electron chi connectivity index (χ0n) is 18.4. The molecule has 0 atom stereocenters. The van der Waals surface area contributed by atoms with Crippen molar-refractivity contribution >= 4 is 22.5 Å². The number of amides is 1. The number of carbonyl (C=O) groups is 1. The average Bonchev–Trinajstić information content (AvgIpc) is 3.19. The monoisotopic (exact) mass is 433 g/mol. The van der Waals surface area contributed by atoms with Crippen LogP contribution in [0.3, 0.4) is 0 Å². The quantitative estimate of drug-likeness (QED) is 0.514. The molecule has 0 spiro atoms. The van der Waals surface area contributed by atoms with Crippen LogP contribution in [0, 0.1) is 19.7 Å². The van der Waals surface area contributed by atoms with Gasteiger partial charge in [-0.1, -0.05) is 19.9 Å². The normalized spacial score (nSPS) is 11.3. The van der Waals surface area contributed by atoms with Crippen LogP contribution in [-0.4, -0.2) is 25.5 Å². The van der Waals surface area contributed by atoms with Crippen molar-refractivity contribution in [1.82, 2.24) is 19.6 Å². The fourth-order valence-corrected chi connectivity index (χ4v) is 3.55. The molecule has 1 N–H and O–H groups in total. The van der Waals surface area contributed by atoms with Crippen molar-refractivity contribution in [2.24, 2.45) is 0 Å². The molecule has 32 heavy (non-hydrogen) atoms. The Morgan fingerprint density at radius 3 is 2.47 bits per heavy atom. The zero-order valence-corrected chi connectivity index (χ0v) is 18.4. The van der Waals surface area contributed by atoms with E-state index in [2.05, 4.69) is 15.5 Å². The van der Waals surface area contributed by atoms with Gasteiger partial charge in [0.2, 0.25) is 5.91 Å². The summed E-state index contributed by atoms with van der Waals surface area (Å²) in [7, 11) is 0. The van der Waals surface area contributed by atoms with Gasteiger partial charge < -0.3 is 5.32 Å². The van der Waals surface area contributed by atoms with Crippen molar-refractivity contribution in [3.05, 3.63) is 81.7 Å². The first kappa shape index (κ1) is 21.4. The Morgan fingerprint density at radius 2 is 1.81 bits per heavy atom. The van der Waals surface area contributed by atoms with Crippen LogP contribution in [0.4, 0.5) is 10.1 Å². The Hall–Kier alpha value is -3.81. The molecule has 0 saturated carbocycles. The highest BCUT2D eigenvalue weighted by Gasteiger charge is 2.20. The molecule has 1 amide bonds. The van der Waals surface area contributed by atoms with Crippen molar-refractivity contribution in [2.75, 3.05) is 5.32 Å². The number of aryl methyl sites for hydroxylation is 2. The number of hydrogen-bond acceptors (Lipinski definition) is 4. The van der Waals surface area contributed by atoms with Crippen molar-refractivity contribution in [3.8, 4) is 5.69 Å². The summed E-state index contributed by atoms with van der Waals surface area (Å²) in [6.45, 7) is 7.70. The topological polar surface area (TPSA) is 81.8 Å². The number of aromatic nitrogens is 4. The Bertz CT molecular complexity index is 1370. The molecule has 4 rings (SSSR count). The Morgan fingerprint density at radius 1 is 1.09 bits per heavy atom. The highest BCUT2D eigenvalue weighted by molar-refractivity contribution is 5.90. The average molecular weight is 433 g/mol. The van der Waals surface area contributed by atoms with Crippen LogP contribution in [-0.2, 0) is 11.3 Å². The SMILES string of the molecule is Cc1ccc(-n2ncc3c(C(C)C)nn(CC(=O)Nc4ccc(F)cc4)c(=O)c32)cc1C. The van der Waals surface area contributed by atoms with Crippen LogP contribution in [0.5, 0.6) is 0 Å². The van der Waals surface area contributed by atoms with Gasteiger partial charge >= 0.3 is 0 Å². The maximum atomic E-state index is 13.4. The van der Waals surface area contributed by atoms with Gasteiger partial charge in [-0.15, -0.1) is 0 Å². The van der Waals surface area contributed by atoms with Crippen molar-refractivity contribution in [3.63, 3.8) is 0 Å². The lowest BCUT2D eigenvalue weighted by atomic mass is 10.1. The Balaban J connectivity index is 1.78. The molecule has 0 radical (unpaired) electrons. The number of anilines is 1. The lowest BCUT2D eigenvalue weighted by Gasteiger charge is -2.13. The fourth-order valence-electron chi connectivity index (χ4n) is 3.55. The van der Waals surface area contributed by atoms with Crippen LogP contribution in [0.2, 0.25) is 0 Å². The predicted molar refractivity (Wildman–Crippen MR) is 122 cm³/mol. The van der Waals surface area contributed by atoms with E-state index in [4.69, 9.17) is 0 Å². The van der Waals surface area contributed by atoms with E-state index in [9.17, 15) is 14.0 Å². The molecule has 0 aliphatic rings. The molecular formula is C24H24FN5O2. The molecular weight excluding hydrogens is 409 g/mol. The lowest BCUT2D eigenvalue weighted by Crippen LogP contribution is -2.31. The zero-order chi connectivity index (χ0) is 23.0. The van der Waals surface area contributed by atoms with E-state index in [1.165, 1.54) is 24.3 Å². The number of nitrogens with zero attached hydrogens (tertiary/aromatic N) is 4. The van der Waals surface area contributed by atoms with Crippen molar-refractivity contribution in [1.29, 1.82) is 0 Å². The molecule has 2 aromatic heterocycles. The summed E-state index contributed by atoms with van der Waals surface area (Å²) in [5.41, 5.74) is 4.09. The number of hydrogen-bond donors (Lipinski definition) is 1. The first-order chi connectivity index (χ1) is 15.2. The minimum absolute atomic E-state index is 0.0157. The van der Waals surface area contributed by atoms with Crippen LogP contribution in [0.1, 0.15) is 36.6 Å². The van der Waals surface area contributed by atoms with E-state index >= 15 is 0 Å². The van der Waals surface area contributed by atoms with Crippen LogP contribution in [0.25, 0.3) is 16.6 Å². The minimum atomic E-state index is -0.433. The molecule has 0 fully saturated rings. The van der Waals surface area contributed by atoms with E-state index < -0.39 is 17.3 Å². The molecule has 0 aliphatic heterocycles. The van der Waals surface area contributed by atoms with Crippen LogP contribution < -0.4 is 10.9 Å². The molecule has 0 bridgehead atoms. The van der Waals surface area contributed by atoms with Gasteiger partial charge in [0.25, 0.3) is 5.56 Å². The van der Waals surface area contributed by atoms with Gasteiger partial charge in [-0.05, 0) is 67.3 Å². The summed E-state index contributed by atoms with van der Waals surface area (Å²) in [5, 5.41) is 12.3. The lowest BCUT2D eigenvalue weighted by molar-refractivity contribution is -0.117. The highest BCUT2D eigenvalue weighted by atomic mass is 19.1. The molecule has 7 nitrogen and oxygen atoms in total. The number of halogens is 1. The van der Waals surface area contributed by atoms with Gasteiger partial charge in [0, 0.05) is 11.1 Å². The highest BCUT2D eigenvalue weighted by Crippen LogP contribution is 2.24. The van der Waals surface area contributed by atoms with Gasteiger partial charge in [-0.25, -0.2) is 13.8 Å². The molecule has 0 aliphatic carbocycles. The molecule has 164 valence electrons. The van der Waals surface area contributed by atoms with Crippen LogP contribution >= 0.6 is 0 Å². The second-order valence-electron chi connectivity index (χ2n) is 8.15. The molecule has 4 aromatic rings. The summed E-state index contributed by atoms with van der Waals surface area (Å²) >= 11 is 0. The Labute approximate surface area is 184 Å². The van der Waals surface area contributed by atoms with Gasteiger partial charge in [0.05, 0.1) is 17.6 Å². The summed E-state index contributed by atoms with van der Waals surface area (Å²) in [5.74, 6) is -0.813. The smallest absolute Gasteiger partial charge is 0.293 e. The third-order valence-electron chi connectivity index (χ3n) is 5.41. The summed E-state index contributed by atoms with van der Waals surface area (Å²) < 4.78 is 15.9. The first-order valence-corrected chi connectivity index (χ1v) is 10.4. The number of fused-ring (bicyclic) bond motifs is 1. The number of carbonyl (C=O) groups excluding carboxylic acids is 1. The van der Waals surface area contributed by atoms with Gasteiger partial charge in [0.15, 0.2) is 0 Å². The largest absolute Gasteiger partial charge is 0.324 e. The van der Waals surface area contributed by atoms with Crippen molar-refractivity contribution in [2.45, 2.75) is 40.2 Å². The Kier molecular flexibility index (Phi) is 5.61. The van der Waals surface area contributed by atoms with Gasteiger partial charge in [0.1, 0.15) is 17.9 Å². The standard InChI is InChI=1S/C24H24FN5O2/c1-14(2)22-20-12-26-30(19-10-5-15(3)16(4)11-19)23(20)24(32)29(28-22)13-21(31)27-18-8-6-17(25)7-9-18/h5-12,14H,13H2,1-4H3,(H,27,31). The predicted octanol–water partition coefficient (Wildman–Crippen LogP) is 4.10. The fraction of sp³-hybridized carbons (Fsp3) is 0.250. The van der Waals surface area contributed by atoms with Gasteiger partial charge in [-0.3, -0.25) is 9.59 Å². The van der Waals surface area contributed by atoms with E-state index in [-0.39, 0.29) is 12.5 Å². The summed E-state index contributed by atoms with van der Waals surface area (Å²) in [6, 6.07) is 11.3. The first-order valence-electron chi connectivity index (χ1n) is 10.4. The minimum Gasteiger partial charge on any atom is -0.324 e. The molecule has 8 heteroatoms. The third kappa shape index (κ3) is 4.03. The van der Waals surface area contributed by atoms with Gasteiger partial charge in [-0.2, -0.15) is 10.2 Å². The van der Waals surface area contributed by atoms with Crippen LogP contribution in [0.15, 0.2) is 53.5 Å². The van der Waals surface area contributed by atoms with Crippen molar-refractivity contribution < 1.29 is 9.18 Å². The molecule has 2 heterocycles. The van der Waals surface area contributed by atoms with E-state index in [0.29, 0.717) is 22.3 Å².